The van der Waals surface area contributed by atoms with Gasteiger partial charge in [0.05, 0.1) is 38.4 Å². The normalized spacial score (nSPS) is 24.2. The molecule has 2 aliphatic heterocycles. The number of benzene rings is 3. The van der Waals surface area contributed by atoms with Crippen molar-refractivity contribution >= 4 is 17.4 Å². The fourth-order valence-corrected chi connectivity index (χ4v) is 6.52. The highest BCUT2D eigenvalue weighted by molar-refractivity contribution is 6.17. The lowest BCUT2D eigenvalue weighted by molar-refractivity contribution is -0.129. The molecule has 0 unspecified atom stereocenters. The molecule has 1 spiro atoms. The standard InChI is InChI=1S/C32H25N3O5/c1-38-21-11-7-19(8-12-21)24-15-28-29(26(36)16-27(40-28)20-9-13-22(39-2)14-10-20)32(31(24,17-33)18-34)23-5-3-4-6-25(23)35-30(32)37/h3-14,24,27H,15-16H2,1-2H3,(H,35,37)/t24-,27+,32-/m1/s1. The van der Waals surface area contributed by atoms with E-state index in [-0.39, 0.29) is 24.2 Å². The summed E-state index contributed by atoms with van der Waals surface area (Å²) in [7, 11) is 3.13. The molecule has 1 amide bonds. The fourth-order valence-electron chi connectivity index (χ4n) is 6.52. The second kappa shape index (κ2) is 9.29. The second-order valence-electron chi connectivity index (χ2n) is 10.1. The smallest absolute Gasteiger partial charge is 0.242 e. The Morgan fingerprint density at radius 3 is 2.05 bits per heavy atom. The number of methoxy groups -OCH3 is 2. The number of amides is 1. The number of rotatable bonds is 4. The molecule has 0 aromatic heterocycles. The van der Waals surface area contributed by atoms with E-state index in [4.69, 9.17) is 14.2 Å². The predicted molar refractivity (Wildman–Crippen MR) is 144 cm³/mol. The third kappa shape index (κ3) is 3.29. The Morgan fingerprint density at radius 2 is 1.45 bits per heavy atom. The first-order chi connectivity index (χ1) is 19.4. The van der Waals surface area contributed by atoms with Crippen molar-refractivity contribution in [2.75, 3.05) is 19.5 Å². The molecule has 0 saturated heterocycles. The fraction of sp³-hybridized carbons (Fsp3) is 0.250. The van der Waals surface area contributed by atoms with E-state index in [9.17, 15) is 20.1 Å². The number of para-hydroxylation sites is 1. The first kappa shape index (κ1) is 25.2. The van der Waals surface area contributed by atoms with Crippen LogP contribution < -0.4 is 14.8 Å². The summed E-state index contributed by atoms with van der Waals surface area (Å²) in [5, 5.41) is 24.5. The number of ketones is 1. The quantitative estimate of drug-likeness (QED) is 0.497. The van der Waals surface area contributed by atoms with Gasteiger partial charge in [-0.1, -0.05) is 42.5 Å². The molecule has 0 radical (unpaired) electrons. The number of nitrogens with one attached hydrogen (secondary N) is 1. The largest absolute Gasteiger partial charge is 0.497 e. The van der Waals surface area contributed by atoms with Crippen LogP contribution in [0.15, 0.2) is 84.1 Å². The van der Waals surface area contributed by atoms with Gasteiger partial charge in [-0.15, -0.1) is 0 Å². The maximum Gasteiger partial charge on any atom is 0.242 e. The maximum atomic E-state index is 14.2. The Labute approximate surface area is 231 Å². The summed E-state index contributed by atoms with van der Waals surface area (Å²) in [6.45, 7) is 0. The Bertz CT molecular complexity index is 1630. The van der Waals surface area contributed by atoms with E-state index in [1.807, 2.05) is 12.1 Å². The zero-order valence-electron chi connectivity index (χ0n) is 21.9. The number of anilines is 1. The zero-order chi connectivity index (χ0) is 28.1. The molecule has 8 nitrogen and oxygen atoms in total. The number of nitrogens with zero attached hydrogens (tertiary/aromatic N) is 2. The predicted octanol–water partition coefficient (Wildman–Crippen LogP) is 5.10. The van der Waals surface area contributed by atoms with Crippen molar-refractivity contribution < 1.29 is 23.8 Å². The van der Waals surface area contributed by atoms with Gasteiger partial charge in [0.2, 0.25) is 5.91 Å². The van der Waals surface area contributed by atoms with Crippen molar-refractivity contribution in [3.05, 3.63) is 101 Å². The van der Waals surface area contributed by atoms with Gasteiger partial charge in [-0.3, -0.25) is 9.59 Å². The van der Waals surface area contributed by atoms with Crippen LogP contribution in [-0.2, 0) is 19.7 Å². The topological polar surface area (TPSA) is 121 Å². The Balaban J connectivity index is 1.61. The van der Waals surface area contributed by atoms with Gasteiger partial charge in [0.15, 0.2) is 11.2 Å². The van der Waals surface area contributed by atoms with Crippen LogP contribution in [0.4, 0.5) is 5.69 Å². The van der Waals surface area contributed by atoms with Crippen LogP contribution in [-0.4, -0.2) is 25.9 Å². The molecule has 0 bridgehead atoms. The van der Waals surface area contributed by atoms with Gasteiger partial charge < -0.3 is 19.5 Å². The zero-order valence-corrected chi connectivity index (χ0v) is 21.9. The maximum absolute atomic E-state index is 14.2. The van der Waals surface area contributed by atoms with Crippen LogP contribution in [0.3, 0.4) is 0 Å². The summed E-state index contributed by atoms with van der Waals surface area (Å²) in [5.74, 6) is -0.0768. The third-order valence-corrected chi connectivity index (χ3v) is 8.37. The number of nitriles is 2. The van der Waals surface area contributed by atoms with Gasteiger partial charge in [-0.2, -0.15) is 10.5 Å². The van der Waals surface area contributed by atoms with Crippen LogP contribution in [0.25, 0.3) is 0 Å². The molecule has 8 heteroatoms. The van der Waals surface area contributed by atoms with Gasteiger partial charge in [-0.05, 0) is 47.0 Å². The molecule has 3 aliphatic rings. The minimum absolute atomic E-state index is 0.0392. The number of hydrogen-bond acceptors (Lipinski definition) is 7. The highest BCUT2D eigenvalue weighted by Gasteiger charge is 2.72. The number of Topliss-reactive ketones (excluding diaryl/α,β-unsaturated/α-hetero) is 1. The monoisotopic (exact) mass is 531 g/mol. The lowest BCUT2D eigenvalue weighted by Crippen LogP contribution is -2.58. The van der Waals surface area contributed by atoms with Gasteiger partial charge in [0.25, 0.3) is 0 Å². The van der Waals surface area contributed by atoms with Crippen LogP contribution in [0.5, 0.6) is 11.5 Å². The number of carbonyl (C=O) groups excluding carboxylic acids is 2. The Kier molecular flexibility index (Phi) is 5.85. The van der Waals surface area contributed by atoms with E-state index in [1.165, 1.54) is 0 Å². The minimum Gasteiger partial charge on any atom is -0.497 e. The summed E-state index contributed by atoms with van der Waals surface area (Å²) >= 11 is 0. The molecule has 3 atom stereocenters. The molecule has 2 heterocycles. The summed E-state index contributed by atoms with van der Waals surface area (Å²) in [4.78, 5) is 28.3. The second-order valence-corrected chi connectivity index (χ2v) is 10.1. The molecule has 40 heavy (non-hydrogen) atoms. The molecule has 0 saturated carbocycles. The molecule has 3 aromatic carbocycles. The lowest BCUT2D eigenvalue weighted by atomic mass is 9.47. The van der Waals surface area contributed by atoms with E-state index >= 15 is 0 Å². The van der Waals surface area contributed by atoms with Gasteiger partial charge in [0.1, 0.15) is 28.8 Å². The van der Waals surface area contributed by atoms with E-state index in [0.717, 1.165) is 5.56 Å². The van der Waals surface area contributed by atoms with E-state index in [2.05, 4.69) is 17.5 Å². The van der Waals surface area contributed by atoms with Crippen molar-refractivity contribution in [1.29, 1.82) is 10.5 Å². The highest BCUT2D eigenvalue weighted by atomic mass is 16.5. The van der Waals surface area contributed by atoms with E-state index in [1.54, 1.807) is 74.9 Å². The van der Waals surface area contributed by atoms with Crippen molar-refractivity contribution in [3.8, 4) is 23.6 Å². The molecular weight excluding hydrogens is 506 g/mol. The third-order valence-electron chi connectivity index (χ3n) is 8.37. The summed E-state index contributed by atoms with van der Waals surface area (Å²) in [6, 6.07) is 25.8. The van der Waals surface area contributed by atoms with Crippen molar-refractivity contribution in [3.63, 3.8) is 0 Å². The molecule has 198 valence electrons. The first-order valence-electron chi connectivity index (χ1n) is 12.9. The van der Waals surface area contributed by atoms with Gasteiger partial charge in [0, 0.05) is 18.0 Å². The molecule has 1 N–H and O–H groups in total. The summed E-state index contributed by atoms with van der Waals surface area (Å²) in [5.41, 5.74) is -1.40. The van der Waals surface area contributed by atoms with Gasteiger partial charge in [-0.25, -0.2) is 0 Å². The average molecular weight is 532 g/mol. The Morgan fingerprint density at radius 1 is 0.850 bits per heavy atom. The van der Waals surface area contributed by atoms with Crippen LogP contribution in [0, 0.1) is 28.1 Å². The van der Waals surface area contributed by atoms with Crippen LogP contribution >= 0.6 is 0 Å². The molecule has 0 fully saturated rings. The van der Waals surface area contributed by atoms with Crippen molar-refractivity contribution in [1.82, 2.24) is 0 Å². The molecule has 6 rings (SSSR count). The molecule has 1 aliphatic carbocycles. The van der Waals surface area contributed by atoms with Crippen molar-refractivity contribution in [2.24, 2.45) is 5.41 Å². The SMILES string of the molecule is COc1ccc([C@@H]2CC(=O)C3=C(C[C@H](c4ccc(OC)cc4)C(C#N)(C#N)[C@@]34C(=O)Nc3ccccc34)O2)cc1. The lowest BCUT2D eigenvalue weighted by Gasteiger charge is -2.49. The number of allylic oxidation sites excluding steroid dienone is 1. The highest BCUT2D eigenvalue weighted by Crippen LogP contribution is 2.65. The number of ether oxygens (including phenoxy) is 3. The van der Waals surface area contributed by atoms with E-state index < -0.39 is 28.8 Å². The molecule has 3 aromatic rings. The van der Waals surface area contributed by atoms with Gasteiger partial charge >= 0.3 is 0 Å². The summed E-state index contributed by atoms with van der Waals surface area (Å²) < 4.78 is 17.1. The first-order valence-corrected chi connectivity index (χ1v) is 12.9. The van der Waals surface area contributed by atoms with Crippen molar-refractivity contribution in [2.45, 2.75) is 30.3 Å². The number of fused-ring (bicyclic) bond motifs is 3. The minimum atomic E-state index is -1.94. The number of hydrogen-bond donors (Lipinski definition) is 1. The average Bonchev–Trinajstić information content (AvgIpc) is 3.29. The summed E-state index contributed by atoms with van der Waals surface area (Å²) in [6.07, 6.45) is -0.539. The Hall–Kier alpha value is -5.08. The number of carbonyl (C=O) groups is 2. The van der Waals surface area contributed by atoms with E-state index in [0.29, 0.717) is 34.1 Å². The molecular formula is C32H25N3O5. The van der Waals surface area contributed by atoms with Crippen LogP contribution in [0.1, 0.15) is 41.6 Å². The van der Waals surface area contributed by atoms with Crippen LogP contribution in [0.2, 0.25) is 0 Å².